The minimum Gasteiger partial charge on any atom is -0.144 e. The van der Waals surface area contributed by atoms with Gasteiger partial charge in [0.15, 0.2) is 0 Å². The lowest BCUT2D eigenvalue weighted by molar-refractivity contribution is 0.575. The van der Waals surface area contributed by atoms with Gasteiger partial charge in [0.25, 0.3) is 0 Å². The van der Waals surface area contributed by atoms with Gasteiger partial charge in [-0.25, -0.2) is 0 Å². The summed E-state index contributed by atoms with van der Waals surface area (Å²) in [5.74, 6) is 4.51. The summed E-state index contributed by atoms with van der Waals surface area (Å²) in [6.45, 7) is 9.39. The SMILES string of the molecule is CCC1CSC(C)(C(C)C)SC1. The van der Waals surface area contributed by atoms with Crippen LogP contribution >= 0.6 is 23.5 Å². The molecule has 0 radical (unpaired) electrons. The lowest BCUT2D eigenvalue weighted by atomic mass is 10.1. The van der Waals surface area contributed by atoms with E-state index in [1.165, 1.54) is 17.9 Å². The largest absolute Gasteiger partial charge is 0.144 e. The van der Waals surface area contributed by atoms with Gasteiger partial charge in [-0.15, -0.1) is 23.5 Å². The number of hydrogen-bond donors (Lipinski definition) is 0. The quantitative estimate of drug-likeness (QED) is 0.670. The fourth-order valence-corrected chi connectivity index (χ4v) is 4.62. The van der Waals surface area contributed by atoms with Crippen molar-refractivity contribution in [3.63, 3.8) is 0 Å². The Kier molecular flexibility index (Phi) is 3.84. The van der Waals surface area contributed by atoms with E-state index in [2.05, 4.69) is 51.2 Å². The molecule has 1 fully saturated rings. The fourth-order valence-electron chi connectivity index (χ4n) is 1.23. The van der Waals surface area contributed by atoms with Crippen LogP contribution in [0.15, 0.2) is 0 Å². The molecule has 72 valence electrons. The maximum atomic E-state index is 2.40. The Hall–Kier alpha value is 0.700. The molecule has 0 amide bonds. The zero-order valence-corrected chi connectivity index (χ0v) is 10.2. The molecule has 0 unspecified atom stereocenters. The van der Waals surface area contributed by atoms with Crippen LogP contribution in [0.4, 0.5) is 0 Å². The van der Waals surface area contributed by atoms with Crippen LogP contribution in [0.5, 0.6) is 0 Å². The second-order valence-electron chi connectivity index (χ2n) is 4.07. The van der Waals surface area contributed by atoms with E-state index >= 15 is 0 Å². The Morgan fingerprint density at radius 1 is 1.33 bits per heavy atom. The van der Waals surface area contributed by atoms with Crippen LogP contribution in [-0.2, 0) is 0 Å². The molecule has 0 N–H and O–H groups in total. The standard InChI is InChI=1S/C10H20S2/c1-5-9-6-11-10(4,8(2)3)12-7-9/h8-9H,5-7H2,1-4H3. The van der Waals surface area contributed by atoms with E-state index in [-0.39, 0.29) is 0 Å². The summed E-state index contributed by atoms with van der Waals surface area (Å²) in [5, 5.41) is 0. The zero-order valence-electron chi connectivity index (χ0n) is 8.59. The summed E-state index contributed by atoms with van der Waals surface area (Å²) < 4.78 is 0.492. The minimum absolute atomic E-state index is 0.492. The normalized spacial score (nSPS) is 37.2. The lowest BCUT2D eigenvalue weighted by Crippen LogP contribution is -2.31. The first-order valence-corrected chi connectivity index (χ1v) is 6.83. The first kappa shape index (κ1) is 10.8. The van der Waals surface area contributed by atoms with Crippen LogP contribution < -0.4 is 0 Å². The molecule has 0 atom stereocenters. The molecule has 1 aliphatic rings. The Morgan fingerprint density at radius 2 is 1.83 bits per heavy atom. The van der Waals surface area contributed by atoms with Crippen LogP contribution in [0.1, 0.15) is 34.1 Å². The maximum absolute atomic E-state index is 2.40. The number of thioether (sulfide) groups is 2. The molecule has 0 saturated carbocycles. The van der Waals surface area contributed by atoms with Crippen molar-refractivity contribution in [3.05, 3.63) is 0 Å². The Morgan fingerprint density at radius 3 is 2.17 bits per heavy atom. The van der Waals surface area contributed by atoms with Crippen molar-refractivity contribution in [3.8, 4) is 0 Å². The van der Waals surface area contributed by atoms with Gasteiger partial charge < -0.3 is 0 Å². The van der Waals surface area contributed by atoms with Crippen molar-refractivity contribution in [2.45, 2.75) is 38.2 Å². The summed E-state index contributed by atoms with van der Waals surface area (Å²) in [7, 11) is 0. The van der Waals surface area contributed by atoms with Crippen molar-refractivity contribution < 1.29 is 0 Å². The molecular formula is C10H20S2. The molecule has 0 aromatic rings. The monoisotopic (exact) mass is 204 g/mol. The van der Waals surface area contributed by atoms with E-state index in [9.17, 15) is 0 Å². The van der Waals surface area contributed by atoms with Crippen LogP contribution in [0, 0.1) is 11.8 Å². The zero-order chi connectivity index (χ0) is 9.19. The second kappa shape index (κ2) is 4.28. The Balaban J connectivity index is 2.44. The van der Waals surface area contributed by atoms with Gasteiger partial charge in [0.05, 0.1) is 4.08 Å². The smallest absolute Gasteiger partial charge is 0.0606 e. The lowest BCUT2D eigenvalue weighted by Gasteiger charge is -2.39. The molecular weight excluding hydrogens is 184 g/mol. The van der Waals surface area contributed by atoms with Gasteiger partial charge in [-0.05, 0) is 30.3 Å². The van der Waals surface area contributed by atoms with E-state index in [0.717, 1.165) is 11.8 Å². The molecule has 0 bridgehead atoms. The van der Waals surface area contributed by atoms with E-state index in [1.54, 1.807) is 0 Å². The molecule has 1 aliphatic heterocycles. The van der Waals surface area contributed by atoms with Gasteiger partial charge in [-0.3, -0.25) is 0 Å². The van der Waals surface area contributed by atoms with Gasteiger partial charge in [0, 0.05) is 0 Å². The van der Waals surface area contributed by atoms with Crippen molar-refractivity contribution in [1.29, 1.82) is 0 Å². The predicted molar refractivity (Wildman–Crippen MR) is 61.9 cm³/mol. The summed E-state index contributed by atoms with van der Waals surface area (Å²) in [5.41, 5.74) is 0. The summed E-state index contributed by atoms with van der Waals surface area (Å²) in [4.78, 5) is 0. The Bertz CT molecular complexity index is 135. The van der Waals surface area contributed by atoms with Crippen molar-refractivity contribution in [2.75, 3.05) is 11.5 Å². The maximum Gasteiger partial charge on any atom is 0.0606 e. The van der Waals surface area contributed by atoms with Gasteiger partial charge in [-0.1, -0.05) is 27.2 Å². The fraction of sp³-hybridized carbons (Fsp3) is 1.00. The molecule has 2 heteroatoms. The Labute approximate surface area is 85.3 Å². The van der Waals surface area contributed by atoms with Crippen LogP contribution in [0.2, 0.25) is 0 Å². The van der Waals surface area contributed by atoms with Gasteiger partial charge in [-0.2, -0.15) is 0 Å². The summed E-state index contributed by atoms with van der Waals surface area (Å²) in [6.07, 6.45) is 1.36. The van der Waals surface area contributed by atoms with E-state index < -0.39 is 0 Å². The van der Waals surface area contributed by atoms with Gasteiger partial charge in [0.1, 0.15) is 0 Å². The molecule has 12 heavy (non-hydrogen) atoms. The molecule has 1 rings (SSSR count). The molecule has 1 heterocycles. The highest BCUT2D eigenvalue weighted by Crippen LogP contribution is 2.48. The first-order valence-electron chi connectivity index (χ1n) is 4.86. The molecule has 1 saturated heterocycles. The predicted octanol–water partition coefficient (Wildman–Crippen LogP) is 3.86. The third-order valence-corrected chi connectivity index (χ3v) is 6.91. The minimum atomic E-state index is 0.492. The highest BCUT2D eigenvalue weighted by molar-refractivity contribution is 8.18. The second-order valence-corrected chi connectivity index (χ2v) is 7.27. The summed E-state index contributed by atoms with van der Waals surface area (Å²) >= 11 is 4.34. The van der Waals surface area contributed by atoms with Crippen LogP contribution in [-0.4, -0.2) is 15.6 Å². The molecule has 0 aromatic heterocycles. The number of rotatable bonds is 2. The summed E-state index contributed by atoms with van der Waals surface area (Å²) in [6, 6.07) is 0. The third kappa shape index (κ3) is 2.35. The highest BCUT2D eigenvalue weighted by Gasteiger charge is 2.34. The molecule has 0 aromatic carbocycles. The van der Waals surface area contributed by atoms with E-state index in [1.807, 2.05) is 0 Å². The van der Waals surface area contributed by atoms with Crippen molar-refractivity contribution >= 4 is 23.5 Å². The van der Waals surface area contributed by atoms with Crippen molar-refractivity contribution in [1.82, 2.24) is 0 Å². The van der Waals surface area contributed by atoms with Crippen LogP contribution in [0.3, 0.4) is 0 Å². The average Bonchev–Trinajstić information content (AvgIpc) is 2.06. The van der Waals surface area contributed by atoms with Crippen molar-refractivity contribution in [2.24, 2.45) is 11.8 Å². The molecule has 0 nitrogen and oxygen atoms in total. The third-order valence-electron chi connectivity index (χ3n) is 2.84. The molecule has 0 spiro atoms. The van der Waals surface area contributed by atoms with E-state index in [0.29, 0.717) is 4.08 Å². The van der Waals surface area contributed by atoms with Gasteiger partial charge in [0.2, 0.25) is 0 Å². The first-order chi connectivity index (χ1) is 5.58. The average molecular weight is 204 g/mol. The molecule has 0 aliphatic carbocycles. The highest BCUT2D eigenvalue weighted by atomic mass is 32.2. The number of hydrogen-bond acceptors (Lipinski definition) is 2. The van der Waals surface area contributed by atoms with Crippen LogP contribution in [0.25, 0.3) is 0 Å². The van der Waals surface area contributed by atoms with Gasteiger partial charge >= 0.3 is 0 Å². The topological polar surface area (TPSA) is 0 Å². The van der Waals surface area contributed by atoms with E-state index in [4.69, 9.17) is 0 Å².